The maximum atomic E-state index is 12.4. The molecule has 7 nitrogen and oxygen atoms in total. The van der Waals surface area contributed by atoms with Crippen molar-refractivity contribution >= 4 is 23.2 Å². The summed E-state index contributed by atoms with van der Waals surface area (Å²) in [5, 5.41) is 3.55. The summed E-state index contributed by atoms with van der Waals surface area (Å²) in [4.78, 5) is 34.1. The van der Waals surface area contributed by atoms with Gasteiger partial charge in [-0.2, -0.15) is 9.97 Å². The Morgan fingerprint density at radius 2 is 1.91 bits per heavy atom. The lowest BCUT2D eigenvalue weighted by Crippen LogP contribution is -2.15. The highest BCUT2D eigenvalue weighted by atomic mass is 32.1. The van der Waals surface area contributed by atoms with E-state index in [1.165, 1.54) is 11.3 Å². The summed E-state index contributed by atoms with van der Waals surface area (Å²) in [6.07, 6.45) is 1.66. The third-order valence-corrected chi connectivity index (χ3v) is 4.05. The summed E-state index contributed by atoms with van der Waals surface area (Å²) in [6.45, 7) is 5.41. The molecule has 0 spiro atoms. The predicted molar refractivity (Wildman–Crippen MR) is 87.3 cm³/mol. The van der Waals surface area contributed by atoms with Gasteiger partial charge in [-0.25, -0.2) is 9.97 Å². The predicted octanol–water partition coefficient (Wildman–Crippen LogP) is 2.57. The highest BCUT2D eigenvalue weighted by Crippen LogP contribution is 2.19. The van der Waals surface area contributed by atoms with Crippen molar-refractivity contribution in [1.82, 2.24) is 24.9 Å². The van der Waals surface area contributed by atoms with E-state index in [-0.39, 0.29) is 11.9 Å². The van der Waals surface area contributed by atoms with Crippen molar-refractivity contribution < 1.29 is 4.79 Å². The molecule has 23 heavy (non-hydrogen) atoms. The fourth-order valence-corrected chi connectivity index (χ4v) is 2.86. The average Bonchev–Trinajstić information content (AvgIpc) is 2.86. The molecule has 0 aromatic carbocycles. The van der Waals surface area contributed by atoms with Crippen LogP contribution in [0.2, 0.25) is 0 Å². The Balaban J connectivity index is 1.90. The van der Waals surface area contributed by atoms with Crippen LogP contribution in [-0.2, 0) is 0 Å². The molecule has 3 rings (SSSR count). The van der Waals surface area contributed by atoms with Crippen molar-refractivity contribution in [3.63, 3.8) is 0 Å². The van der Waals surface area contributed by atoms with Gasteiger partial charge in [-0.1, -0.05) is 6.07 Å². The van der Waals surface area contributed by atoms with Gasteiger partial charge in [0.2, 0.25) is 5.95 Å². The van der Waals surface area contributed by atoms with Gasteiger partial charge in [0.25, 0.3) is 5.91 Å². The van der Waals surface area contributed by atoms with Crippen molar-refractivity contribution in [2.45, 2.75) is 20.8 Å². The molecule has 1 N–H and O–H groups in total. The zero-order chi connectivity index (χ0) is 16.4. The van der Waals surface area contributed by atoms with E-state index in [1.54, 1.807) is 26.1 Å². The highest BCUT2D eigenvalue weighted by molar-refractivity contribution is 7.13. The molecule has 116 valence electrons. The van der Waals surface area contributed by atoms with Crippen LogP contribution < -0.4 is 5.32 Å². The minimum absolute atomic E-state index is 0.202. The standard InChI is InChI=1S/C15H14N6OS/c1-8-12(23-10(3)17-8)14(22)21-15-19-9(2)18-13(20-15)11-6-4-5-7-16-11/h4-7H,1-3H3,(H,18,19,20,21,22). The molecule has 0 saturated heterocycles. The second-order valence-electron chi connectivity index (χ2n) is 4.85. The molecule has 0 aliphatic heterocycles. The van der Waals surface area contributed by atoms with E-state index in [9.17, 15) is 4.79 Å². The van der Waals surface area contributed by atoms with Gasteiger partial charge in [0.15, 0.2) is 5.82 Å². The maximum Gasteiger partial charge on any atom is 0.270 e. The number of aryl methyl sites for hydroxylation is 3. The Kier molecular flexibility index (Phi) is 4.07. The molecular weight excluding hydrogens is 312 g/mol. The number of nitrogens with one attached hydrogen (secondary N) is 1. The first-order valence-corrected chi connectivity index (χ1v) is 7.74. The van der Waals surface area contributed by atoms with Crippen LogP contribution in [-0.4, -0.2) is 30.8 Å². The molecule has 0 unspecified atom stereocenters. The largest absolute Gasteiger partial charge is 0.290 e. The Labute approximate surface area is 136 Å². The first-order chi connectivity index (χ1) is 11.0. The molecular formula is C15H14N6OS. The second kappa shape index (κ2) is 6.17. The quantitative estimate of drug-likeness (QED) is 0.795. The minimum Gasteiger partial charge on any atom is -0.290 e. The Hall–Kier alpha value is -2.74. The molecule has 0 saturated carbocycles. The normalized spacial score (nSPS) is 10.6. The molecule has 0 aliphatic rings. The fraction of sp³-hybridized carbons (Fsp3) is 0.200. The highest BCUT2D eigenvalue weighted by Gasteiger charge is 2.16. The molecule has 8 heteroatoms. The number of aromatic nitrogens is 5. The van der Waals surface area contributed by atoms with Crippen molar-refractivity contribution in [3.05, 3.63) is 45.8 Å². The van der Waals surface area contributed by atoms with Crippen LogP contribution in [0.5, 0.6) is 0 Å². The number of pyridine rings is 1. The molecule has 0 radical (unpaired) electrons. The number of hydrogen-bond acceptors (Lipinski definition) is 7. The average molecular weight is 326 g/mol. The molecule has 3 heterocycles. The molecule has 3 aromatic rings. The molecule has 3 aromatic heterocycles. The van der Waals surface area contributed by atoms with Gasteiger partial charge in [-0.05, 0) is 32.9 Å². The van der Waals surface area contributed by atoms with Crippen molar-refractivity contribution in [2.75, 3.05) is 5.32 Å². The fourth-order valence-electron chi connectivity index (χ4n) is 2.05. The van der Waals surface area contributed by atoms with Crippen LogP contribution >= 0.6 is 11.3 Å². The van der Waals surface area contributed by atoms with Gasteiger partial charge < -0.3 is 0 Å². The van der Waals surface area contributed by atoms with Gasteiger partial charge in [-0.3, -0.25) is 15.1 Å². The van der Waals surface area contributed by atoms with Crippen LogP contribution in [0.1, 0.15) is 26.2 Å². The summed E-state index contributed by atoms with van der Waals surface area (Å²) >= 11 is 1.34. The number of anilines is 1. The lowest BCUT2D eigenvalue weighted by Gasteiger charge is -2.05. The van der Waals surface area contributed by atoms with E-state index >= 15 is 0 Å². The number of amides is 1. The molecule has 1 amide bonds. The second-order valence-corrected chi connectivity index (χ2v) is 6.05. The van der Waals surface area contributed by atoms with Crippen molar-refractivity contribution in [2.24, 2.45) is 0 Å². The maximum absolute atomic E-state index is 12.4. The third-order valence-electron chi connectivity index (χ3n) is 2.98. The molecule has 0 aliphatic carbocycles. The van der Waals surface area contributed by atoms with Crippen molar-refractivity contribution in [1.29, 1.82) is 0 Å². The van der Waals surface area contributed by atoms with Gasteiger partial charge in [-0.15, -0.1) is 11.3 Å². The van der Waals surface area contributed by atoms with Gasteiger partial charge >= 0.3 is 0 Å². The SMILES string of the molecule is Cc1nc(NC(=O)c2sc(C)nc2C)nc(-c2ccccn2)n1. The van der Waals surface area contributed by atoms with E-state index in [2.05, 4.69) is 30.2 Å². The first kappa shape index (κ1) is 15.2. The lowest BCUT2D eigenvalue weighted by molar-refractivity contribution is 0.102. The number of carbonyl (C=O) groups excluding carboxylic acids is 1. The van der Waals surface area contributed by atoms with E-state index in [1.807, 2.05) is 19.1 Å². The minimum atomic E-state index is -0.273. The first-order valence-electron chi connectivity index (χ1n) is 6.92. The van der Waals surface area contributed by atoms with Crippen molar-refractivity contribution in [3.8, 4) is 11.5 Å². The number of thiazole rings is 1. The van der Waals surface area contributed by atoms with Gasteiger partial charge in [0.05, 0.1) is 10.7 Å². The summed E-state index contributed by atoms with van der Waals surface area (Å²) in [6, 6.07) is 5.47. The number of rotatable bonds is 3. The van der Waals surface area contributed by atoms with E-state index in [0.29, 0.717) is 27.9 Å². The van der Waals surface area contributed by atoms with E-state index < -0.39 is 0 Å². The van der Waals surface area contributed by atoms with Crippen LogP contribution in [0, 0.1) is 20.8 Å². The topological polar surface area (TPSA) is 93.6 Å². The van der Waals surface area contributed by atoms with E-state index in [0.717, 1.165) is 5.01 Å². The number of nitrogens with zero attached hydrogens (tertiary/aromatic N) is 5. The zero-order valence-electron chi connectivity index (χ0n) is 12.9. The van der Waals surface area contributed by atoms with Gasteiger partial charge in [0, 0.05) is 6.20 Å². The molecule has 0 atom stereocenters. The number of hydrogen-bond donors (Lipinski definition) is 1. The van der Waals surface area contributed by atoms with Crippen LogP contribution in [0.25, 0.3) is 11.5 Å². The molecule has 0 bridgehead atoms. The summed E-state index contributed by atoms with van der Waals surface area (Å²) < 4.78 is 0. The summed E-state index contributed by atoms with van der Waals surface area (Å²) in [5.74, 6) is 0.859. The third kappa shape index (κ3) is 3.37. The van der Waals surface area contributed by atoms with Crippen LogP contribution in [0.4, 0.5) is 5.95 Å². The summed E-state index contributed by atoms with van der Waals surface area (Å²) in [7, 11) is 0. The molecule has 0 fully saturated rings. The lowest BCUT2D eigenvalue weighted by atomic mass is 10.3. The monoisotopic (exact) mass is 326 g/mol. The van der Waals surface area contributed by atoms with Crippen LogP contribution in [0.3, 0.4) is 0 Å². The Morgan fingerprint density at radius 3 is 2.57 bits per heavy atom. The number of carbonyl (C=O) groups is 1. The Bertz CT molecular complexity index is 862. The van der Waals surface area contributed by atoms with E-state index in [4.69, 9.17) is 0 Å². The van der Waals surface area contributed by atoms with Gasteiger partial charge in [0.1, 0.15) is 16.4 Å². The van der Waals surface area contributed by atoms with Crippen LogP contribution in [0.15, 0.2) is 24.4 Å². The smallest absolute Gasteiger partial charge is 0.270 e. The Morgan fingerprint density at radius 1 is 1.09 bits per heavy atom. The zero-order valence-corrected chi connectivity index (χ0v) is 13.7. The summed E-state index contributed by atoms with van der Waals surface area (Å²) in [5.41, 5.74) is 1.32.